The number of alkyl halides is 3. The monoisotopic (exact) mass is 176 g/mol. The Morgan fingerprint density at radius 1 is 1.25 bits per heavy atom. The molecule has 0 aliphatic carbocycles. The Morgan fingerprint density at radius 2 is 1.75 bits per heavy atom. The molecule has 12 heavy (non-hydrogen) atoms. The summed E-state index contributed by atoms with van der Waals surface area (Å²) >= 11 is 0. The van der Waals surface area contributed by atoms with Gasteiger partial charge in [-0.15, -0.1) is 18.6 Å². The number of hydrogen-bond donors (Lipinski definition) is 0. The SMILES string of the molecule is [B]/C(C)=C/C=C(\C)OC(F)(F)F. The molecule has 0 unspecified atom stereocenters. The Bertz CT molecular complexity index is 201. The van der Waals surface area contributed by atoms with Gasteiger partial charge in [-0.2, -0.15) is 0 Å². The first-order valence-corrected chi connectivity index (χ1v) is 3.17. The first-order valence-electron chi connectivity index (χ1n) is 3.17. The normalized spacial score (nSPS) is 14.8. The Kier molecular flexibility index (Phi) is 3.93. The van der Waals surface area contributed by atoms with Gasteiger partial charge in [0.1, 0.15) is 13.6 Å². The minimum Gasteiger partial charge on any atom is -0.411 e. The van der Waals surface area contributed by atoms with Crippen molar-refractivity contribution >= 4 is 7.85 Å². The molecule has 0 aromatic heterocycles. The summed E-state index contributed by atoms with van der Waals surface area (Å²) in [4.78, 5) is 0. The lowest BCUT2D eigenvalue weighted by molar-refractivity contribution is -0.305. The van der Waals surface area contributed by atoms with Crippen molar-refractivity contribution in [1.29, 1.82) is 0 Å². The number of rotatable bonds is 2. The maximum Gasteiger partial charge on any atom is 0.572 e. The fraction of sp³-hybridized carbons (Fsp3) is 0.429. The Labute approximate surface area is 70.3 Å². The number of halogens is 3. The van der Waals surface area contributed by atoms with Crippen LogP contribution in [0.4, 0.5) is 13.2 Å². The second kappa shape index (κ2) is 4.23. The van der Waals surface area contributed by atoms with Crippen LogP contribution < -0.4 is 0 Å². The van der Waals surface area contributed by atoms with Gasteiger partial charge in [0.25, 0.3) is 0 Å². The van der Waals surface area contributed by atoms with E-state index in [1.807, 2.05) is 0 Å². The van der Waals surface area contributed by atoms with Crippen molar-refractivity contribution in [3.05, 3.63) is 23.4 Å². The van der Waals surface area contributed by atoms with Gasteiger partial charge in [-0.3, -0.25) is 0 Å². The van der Waals surface area contributed by atoms with Crippen LogP contribution in [-0.4, -0.2) is 14.2 Å². The van der Waals surface area contributed by atoms with E-state index >= 15 is 0 Å². The van der Waals surface area contributed by atoms with E-state index in [1.165, 1.54) is 13.0 Å². The smallest absolute Gasteiger partial charge is 0.411 e. The third kappa shape index (κ3) is 7.24. The highest BCUT2D eigenvalue weighted by molar-refractivity contribution is 6.21. The van der Waals surface area contributed by atoms with E-state index in [0.29, 0.717) is 5.47 Å². The highest BCUT2D eigenvalue weighted by atomic mass is 19.4. The van der Waals surface area contributed by atoms with E-state index < -0.39 is 6.36 Å². The molecule has 0 spiro atoms. The van der Waals surface area contributed by atoms with E-state index in [2.05, 4.69) is 4.74 Å². The van der Waals surface area contributed by atoms with E-state index in [4.69, 9.17) is 7.85 Å². The van der Waals surface area contributed by atoms with E-state index in [-0.39, 0.29) is 5.76 Å². The molecule has 0 atom stereocenters. The minimum atomic E-state index is -4.63. The van der Waals surface area contributed by atoms with Gasteiger partial charge < -0.3 is 4.74 Å². The number of ether oxygens (including phenoxy) is 1. The van der Waals surface area contributed by atoms with Crippen molar-refractivity contribution in [2.75, 3.05) is 0 Å². The highest BCUT2D eigenvalue weighted by Gasteiger charge is 2.30. The summed E-state index contributed by atoms with van der Waals surface area (Å²) in [5.41, 5.74) is 0.417. The molecule has 5 heteroatoms. The maximum atomic E-state index is 11.5. The molecule has 0 heterocycles. The van der Waals surface area contributed by atoms with Crippen molar-refractivity contribution in [2.45, 2.75) is 20.2 Å². The summed E-state index contributed by atoms with van der Waals surface area (Å²) in [6.45, 7) is 2.77. The molecule has 0 aliphatic rings. The van der Waals surface area contributed by atoms with E-state index in [9.17, 15) is 13.2 Å². The van der Waals surface area contributed by atoms with Crippen LogP contribution in [0.1, 0.15) is 13.8 Å². The minimum absolute atomic E-state index is 0.243. The average molecular weight is 176 g/mol. The second-order valence-electron chi connectivity index (χ2n) is 2.24. The van der Waals surface area contributed by atoms with Crippen molar-refractivity contribution in [1.82, 2.24) is 0 Å². The standard InChI is InChI=1S/C7H8BF3O/c1-5(8)3-4-6(2)12-7(9,10)11/h3-4H,1-2H3/b5-3+,6-4+. The summed E-state index contributed by atoms with van der Waals surface area (Å²) in [6.07, 6.45) is -2.14. The van der Waals surface area contributed by atoms with Crippen LogP contribution in [0.15, 0.2) is 23.4 Å². The van der Waals surface area contributed by atoms with Crippen LogP contribution in [0, 0.1) is 0 Å². The van der Waals surface area contributed by atoms with Crippen molar-refractivity contribution in [2.24, 2.45) is 0 Å². The summed E-state index contributed by atoms with van der Waals surface area (Å²) < 4.78 is 38.1. The zero-order valence-electron chi connectivity index (χ0n) is 6.77. The molecule has 0 saturated heterocycles. The lowest BCUT2D eigenvalue weighted by Crippen LogP contribution is -2.11. The Hall–Kier alpha value is -0.865. The quantitative estimate of drug-likeness (QED) is 0.356. The Morgan fingerprint density at radius 3 is 2.08 bits per heavy atom. The van der Waals surface area contributed by atoms with Gasteiger partial charge in [-0.25, -0.2) is 0 Å². The molecule has 0 N–H and O–H groups in total. The van der Waals surface area contributed by atoms with Gasteiger partial charge in [0.05, 0.1) is 0 Å². The number of hydrogen-bond acceptors (Lipinski definition) is 1. The molecular weight excluding hydrogens is 168 g/mol. The molecule has 0 aromatic carbocycles. The van der Waals surface area contributed by atoms with Crippen molar-refractivity contribution in [3.63, 3.8) is 0 Å². The second-order valence-corrected chi connectivity index (χ2v) is 2.24. The summed E-state index contributed by atoms with van der Waals surface area (Å²) in [6, 6.07) is 0. The first kappa shape index (κ1) is 11.1. The third-order valence-corrected chi connectivity index (χ3v) is 0.858. The van der Waals surface area contributed by atoms with Crippen LogP contribution in [0.2, 0.25) is 0 Å². The van der Waals surface area contributed by atoms with Gasteiger partial charge in [0, 0.05) is 0 Å². The van der Waals surface area contributed by atoms with Crippen LogP contribution in [-0.2, 0) is 4.74 Å². The fourth-order valence-corrected chi connectivity index (χ4v) is 0.465. The highest BCUT2D eigenvalue weighted by Crippen LogP contribution is 2.20. The number of allylic oxidation sites excluding steroid dienone is 4. The average Bonchev–Trinajstić information content (AvgIpc) is 1.79. The molecule has 0 saturated carbocycles. The first-order chi connectivity index (χ1) is 5.31. The maximum absolute atomic E-state index is 11.5. The van der Waals surface area contributed by atoms with Crippen LogP contribution in [0.25, 0.3) is 0 Å². The van der Waals surface area contributed by atoms with Crippen LogP contribution >= 0.6 is 0 Å². The van der Waals surface area contributed by atoms with Gasteiger partial charge in [-0.05, 0) is 13.0 Å². The van der Waals surface area contributed by atoms with Crippen LogP contribution in [0.5, 0.6) is 0 Å². The third-order valence-electron chi connectivity index (χ3n) is 0.858. The molecule has 66 valence electrons. The molecule has 0 rings (SSSR count). The van der Waals surface area contributed by atoms with Crippen molar-refractivity contribution in [3.8, 4) is 0 Å². The largest absolute Gasteiger partial charge is 0.572 e. The van der Waals surface area contributed by atoms with Gasteiger partial charge in [-0.1, -0.05) is 13.0 Å². The zero-order valence-corrected chi connectivity index (χ0v) is 6.77. The molecule has 0 aromatic rings. The zero-order chi connectivity index (χ0) is 9.78. The van der Waals surface area contributed by atoms with E-state index in [0.717, 1.165) is 6.08 Å². The molecule has 0 bridgehead atoms. The fourth-order valence-electron chi connectivity index (χ4n) is 0.465. The topological polar surface area (TPSA) is 9.23 Å². The molecular formula is C7H8BF3O. The van der Waals surface area contributed by atoms with Gasteiger partial charge >= 0.3 is 6.36 Å². The molecule has 1 nitrogen and oxygen atoms in total. The molecule has 2 radical (unpaired) electrons. The van der Waals surface area contributed by atoms with E-state index in [1.54, 1.807) is 6.92 Å². The lowest BCUT2D eigenvalue weighted by Gasteiger charge is -2.07. The lowest BCUT2D eigenvalue weighted by atomic mass is 9.98. The van der Waals surface area contributed by atoms with Crippen molar-refractivity contribution < 1.29 is 17.9 Å². The molecule has 0 aliphatic heterocycles. The van der Waals surface area contributed by atoms with Gasteiger partial charge in [0.15, 0.2) is 0 Å². The van der Waals surface area contributed by atoms with Gasteiger partial charge in [0.2, 0.25) is 0 Å². The predicted octanol–water partition coefficient (Wildman–Crippen LogP) is 2.50. The summed E-state index contributed by atoms with van der Waals surface area (Å²) in [5.74, 6) is -0.243. The summed E-state index contributed by atoms with van der Waals surface area (Å²) in [7, 11) is 5.18. The van der Waals surface area contributed by atoms with Crippen LogP contribution in [0.3, 0.4) is 0 Å². The molecule has 0 fully saturated rings. The molecule has 0 amide bonds. The summed E-state index contributed by atoms with van der Waals surface area (Å²) in [5, 5.41) is 0. The Balaban J connectivity index is 4.13. The predicted molar refractivity (Wildman–Crippen MR) is 40.4 cm³/mol.